The molecule has 2 aromatic heterocycles. The average Bonchev–Trinajstić information content (AvgIpc) is 2.36. The highest BCUT2D eigenvalue weighted by Gasteiger charge is 2.12. The number of nitrogens with zero attached hydrogens (tertiary/aromatic N) is 4. The van der Waals surface area contributed by atoms with Crippen LogP contribution in [0.2, 0.25) is 0 Å². The largest absolute Gasteiger partial charge is 0.326 e. The minimum atomic E-state index is 0.442. The summed E-state index contributed by atoms with van der Waals surface area (Å²) in [6, 6.07) is 1.78. The lowest BCUT2D eigenvalue weighted by Gasteiger charge is -2.09. The van der Waals surface area contributed by atoms with Gasteiger partial charge in [-0.05, 0) is 37.2 Å². The van der Waals surface area contributed by atoms with Gasteiger partial charge in [0, 0.05) is 24.5 Å². The van der Waals surface area contributed by atoms with Crippen LogP contribution in [0.5, 0.6) is 0 Å². The molecule has 88 valence electrons. The van der Waals surface area contributed by atoms with E-state index in [1.807, 2.05) is 13.8 Å². The molecule has 6 heteroatoms. The number of aryl methyl sites for hydroxylation is 1. The normalized spacial score (nSPS) is 10.5. The Labute approximate surface area is 104 Å². The fraction of sp³-hybridized carbons (Fsp3) is 0.273. The highest BCUT2D eigenvalue weighted by atomic mass is 32.2. The van der Waals surface area contributed by atoms with Crippen LogP contribution in [0, 0.1) is 13.8 Å². The highest BCUT2D eigenvalue weighted by molar-refractivity contribution is 7.99. The first-order valence-corrected chi connectivity index (χ1v) is 6.01. The quantitative estimate of drug-likeness (QED) is 0.828. The van der Waals surface area contributed by atoms with E-state index in [2.05, 4.69) is 20.2 Å². The lowest BCUT2D eigenvalue weighted by Crippen LogP contribution is -2.07. The molecule has 0 spiro atoms. The lowest BCUT2D eigenvalue weighted by molar-refractivity contribution is 0.820. The first-order chi connectivity index (χ1) is 8.22. The Morgan fingerprint density at radius 2 is 1.88 bits per heavy atom. The van der Waals surface area contributed by atoms with Gasteiger partial charge in [0.25, 0.3) is 0 Å². The van der Waals surface area contributed by atoms with Crippen molar-refractivity contribution in [1.82, 2.24) is 20.2 Å². The molecule has 5 nitrogen and oxygen atoms in total. The van der Waals surface area contributed by atoms with E-state index in [1.165, 1.54) is 11.8 Å². The smallest absolute Gasteiger partial charge is 0.193 e. The van der Waals surface area contributed by atoms with E-state index in [1.54, 1.807) is 18.5 Å². The van der Waals surface area contributed by atoms with E-state index >= 15 is 0 Å². The van der Waals surface area contributed by atoms with Gasteiger partial charge >= 0.3 is 0 Å². The molecule has 0 fully saturated rings. The zero-order chi connectivity index (χ0) is 12.3. The topological polar surface area (TPSA) is 77.6 Å². The third-order valence-electron chi connectivity index (χ3n) is 2.48. The van der Waals surface area contributed by atoms with Gasteiger partial charge in [0.2, 0.25) is 0 Å². The van der Waals surface area contributed by atoms with E-state index in [-0.39, 0.29) is 0 Å². The average molecular weight is 247 g/mol. The third-order valence-corrected chi connectivity index (χ3v) is 3.39. The van der Waals surface area contributed by atoms with Crippen molar-refractivity contribution < 1.29 is 0 Å². The van der Waals surface area contributed by atoms with Gasteiger partial charge in [0.05, 0.1) is 5.69 Å². The van der Waals surface area contributed by atoms with Crippen molar-refractivity contribution >= 4 is 11.8 Å². The van der Waals surface area contributed by atoms with Crippen LogP contribution in [-0.4, -0.2) is 20.2 Å². The Hall–Kier alpha value is -1.53. The molecule has 0 aliphatic carbocycles. The van der Waals surface area contributed by atoms with Crippen LogP contribution >= 0.6 is 11.8 Å². The Bertz CT molecular complexity index is 515. The molecular formula is C11H13N5S. The summed E-state index contributed by atoms with van der Waals surface area (Å²) in [6.45, 7) is 4.37. The summed E-state index contributed by atoms with van der Waals surface area (Å²) in [5.74, 6) is 0. The number of nitrogens with two attached hydrogens (primary N) is 1. The maximum Gasteiger partial charge on any atom is 0.193 e. The summed E-state index contributed by atoms with van der Waals surface area (Å²) in [5.41, 5.74) is 8.75. The van der Waals surface area contributed by atoms with Gasteiger partial charge in [0.15, 0.2) is 5.16 Å². The lowest BCUT2D eigenvalue weighted by atomic mass is 10.1. The minimum absolute atomic E-state index is 0.442. The van der Waals surface area contributed by atoms with Gasteiger partial charge in [-0.25, -0.2) is 9.97 Å². The molecule has 2 rings (SSSR count). The fourth-order valence-electron chi connectivity index (χ4n) is 1.38. The molecule has 2 heterocycles. The Balaban J connectivity index is 2.37. The van der Waals surface area contributed by atoms with E-state index < -0.39 is 0 Å². The standard InChI is InChI=1S/C11H13N5S/c1-7-8(2)15-16-10(9(7)6-12)17-11-13-4-3-5-14-11/h3-5H,6,12H2,1-2H3. The molecule has 0 aromatic carbocycles. The van der Waals surface area contributed by atoms with Crippen LogP contribution in [0.1, 0.15) is 16.8 Å². The maximum atomic E-state index is 5.75. The van der Waals surface area contributed by atoms with Crippen molar-refractivity contribution in [3.63, 3.8) is 0 Å². The van der Waals surface area contributed by atoms with Crippen molar-refractivity contribution in [2.75, 3.05) is 0 Å². The fourth-order valence-corrected chi connectivity index (χ4v) is 2.22. The number of aromatic nitrogens is 4. The van der Waals surface area contributed by atoms with Crippen LogP contribution in [0.25, 0.3) is 0 Å². The molecular weight excluding hydrogens is 234 g/mol. The molecule has 0 bridgehead atoms. The van der Waals surface area contributed by atoms with E-state index in [0.29, 0.717) is 11.7 Å². The van der Waals surface area contributed by atoms with Gasteiger partial charge in [-0.1, -0.05) is 0 Å². The number of hydrogen-bond acceptors (Lipinski definition) is 6. The summed E-state index contributed by atoms with van der Waals surface area (Å²) in [5, 5.41) is 9.69. The van der Waals surface area contributed by atoms with E-state index in [9.17, 15) is 0 Å². The van der Waals surface area contributed by atoms with Crippen molar-refractivity contribution in [2.45, 2.75) is 30.6 Å². The SMILES string of the molecule is Cc1nnc(Sc2ncccn2)c(CN)c1C. The molecule has 2 N–H and O–H groups in total. The minimum Gasteiger partial charge on any atom is -0.326 e. The summed E-state index contributed by atoms with van der Waals surface area (Å²) in [4.78, 5) is 8.29. The summed E-state index contributed by atoms with van der Waals surface area (Å²) >= 11 is 1.39. The van der Waals surface area contributed by atoms with Crippen LogP contribution in [-0.2, 0) is 6.54 Å². The Morgan fingerprint density at radius 1 is 1.18 bits per heavy atom. The molecule has 0 aliphatic heterocycles. The number of hydrogen-bond donors (Lipinski definition) is 1. The predicted molar refractivity (Wildman–Crippen MR) is 65.6 cm³/mol. The molecule has 0 atom stereocenters. The Morgan fingerprint density at radius 3 is 2.53 bits per heavy atom. The molecule has 0 aliphatic rings. The van der Waals surface area contributed by atoms with Gasteiger partial charge in [0.1, 0.15) is 5.03 Å². The van der Waals surface area contributed by atoms with E-state index in [4.69, 9.17) is 5.73 Å². The van der Waals surface area contributed by atoms with Gasteiger partial charge in [-0.2, -0.15) is 5.10 Å². The second kappa shape index (κ2) is 5.20. The van der Waals surface area contributed by atoms with Gasteiger partial charge in [-0.15, -0.1) is 5.10 Å². The molecule has 2 aromatic rings. The van der Waals surface area contributed by atoms with Crippen LogP contribution in [0.3, 0.4) is 0 Å². The molecule has 0 radical (unpaired) electrons. The summed E-state index contributed by atoms with van der Waals surface area (Å²) in [6.07, 6.45) is 3.40. The van der Waals surface area contributed by atoms with Crippen molar-refractivity contribution in [3.05, 3.63) is 35.3 Å². The number of rotatable bonds is 3. The third kappa shape index (κ3) is 2.59. The Kier molecular flexibility index (Phi) is 3.65. The molecule has 0 unspecified atom stereocenters. The second-order valence-corrected chi connectivity index (χ2v) is 4.49. The van der Waals surface area contributed by atoms with E-state index in [0.717, 1.165) is 21.8 Å². The van der Waals surface area contributed by atoms with Crippen molar-refractivity contribution in [3.8, 4) is 0 Å². The molecule has 0 saturated heterocycles. The first kappa shape index (κ1) is 11.9. The summed E-state index contributed by atoms with van der Waals surface area (Å²) in [7, 11) is 0. The predicted octanol–water partition coefficient (Wildman–Crippen LogP) is 1.49. The molecule has 0 saturated carbocycles. The maximum absolute atomic E-state index is 5.75. The van der Waals surface area contributed by atoms with Crippen LogP contribution < -0.4 is 5.73 Å². The summed E-state index contributed by atoms with van der Waals surface area (Å²) < 4.78 is 0. The second-order valence-electron chi connectivity index (χ2n) is 3.53. The zero-order valence-corrected chi connectivity index (χ0v) is 10.5. The van der Waals surface area contributed by atoms with Crippen molar-refractivity contribution in [2.24, 2.45) is 5.73 Å². The monoisotopic (exact) mass is 247 g/mol. The van der Waals surface area contributed by atoms with Crippen LogP contribution in [0.4, 0.5) is 0 Å². The highest BCUT2D eigenvalue weighted by Crippen LogP contribution is 2.27. The van der Waals surface area contributed by atoms with Crippen molar-refractivity contribution in [1.29, 1.82) is 0 Å². The molecule has 17 heavy (non-hydrogen) atoms. The first-order valence-electron chi connectivity index (χ1n) is 5.20. The van der Waals surface area contributed by atoms with Crippen LogP contribution in [0.15, 0.2) is 28.6 Å². The van der Waals surface area contributed by atoms with Gasteiger partial charge in [-0.3, -0.25) is 0 Å². The van der Waals surface area contributed by atoms with Gasteiger partial charge < -0.3 is 5.73 Å². The molecule has 0 amide bonds. The zero-order valence-electron chi connectivity index (χ0n) is 9.71.